The topological polar surface area (TPSA) is 20.3 Å². The molecule has 0 bridgehead atoms. The molecule has 0 amide bonds. The molecule has 1 unspecified atom stereocenters. The highest BCUT2D eigenvalue weighted by Gasteiger charge is 2.23. The van der Waals surface area contributed by atoms with E-state index in [1.807, 2.05) is 6.07 Å². The number of halogens is 1. The van der Waals surface area contributed by atoms with Gasteiger partial charge in [0.2, 0.25) is 0 Å². The van der Waals surface area contributed by atoms with E-state index < -0.39 is 0 Å². The largest absolute Gasteiger partial charge is 0.300 e. The number of nitrogens with zero attached hydrogens (tertiary/aromatic N) is 1. The second-order valence-corrected chi connectivity index (χ2v) is 5.16. The zero-order valence-corrected chi connectivity index (χ0v) is 10.9. The monoisotopic (exact) mass is 249 g/mol. The lowest BCUT2D eigenvalue weighted by molar-refractivity contribution is -0.118. The molecular formula is C15H20FNO. The van der Waals surface area contributed by atoms with Crippen molar-refractivity contribution < 1.29 is 9.18 Å². The molecule has 0 radical (unpaired) electrons. The second kappa shape index (κ2) is 6.10. The lowest BCUT2D eigenvalue weighted by atomic mass is 9.97. The highest BCUT2D eigenvalue weighted by Crippen LogP contribution is 2.22. The average Bonchev–Trinajstić information content (AvgIpc) is 2.31. The van der Waals surface area contributed by atoms with Crippen molar-refractivity contribution in [1.82, 2.24) is 4.90 Å². The third kappa shape index (κ3) is 3.64. The quantitative estimate of drug-likeness (QED) is 0.817. The van der Waals surface area contributed by atoms with Crippen molar-refractivity contribution in [2.75, 3.05) is 6.54 Å². The molecule has 1 fully saturated rings. The Balaban J connectivity index is 2.03. The van der Waals surface area contributed by atoms with E-state index in [9.17, 15) is 9.18 Å². The molecule has 1 aliphatic heterocycles. The van der Waals surface area contributed by atoms with Crippen LogP contribution in [0.2, 0.25) is 0 Å². The van der Waals surface area contributed by atoms with Gasteiger partial charge in [0.1, 0.15) is 11.6 Å². The third-order valence-corrected chi connectivity index (χ3v) is 3.55. The molecule has 1 atom stereocenters. The zero-order valence-electron chi connectivity index (χ0n) is 10.9. The van der Waals surface area contributed by atoms with Gasteiger partial charge < -0.3 is 0 Å². The number of carbonyl (C=O) groups excluding carboxylic acids is 1. The van der Waals surface area contributed by atoms with Crippen LogP contribution in [0.5, 0.6) is 0 Å². The van der Waals surface area contributed by atoms with Gasteiger partial charge in [-0.25, -0.2) is 4.39 Å². The maximum Gasteiger partial charge on any atom is 0.131 e. The Bertz CT molecular complexity index is 419. The van der Waals surface area contributed by atoms with Crippen LogP contribution >= 0.6 is 0 Å². The molecule has 2 rings (SSSR count). The number of piperidine rings is 1. The standard InChI is InChI=1S/C15H20FNO/c1-12(18)9-15-7-2-3-8-17(15)11-13-5-4-6-14(16)10-13/h4-6,10,15H,2-3,7-9,11H2,1H3. The predicted molar refractivity (Wildman–Crippen MR) is 69.7 cm³/mol. The molecule has 98 valence electrons. The van der Waals surface area contributed by atoms with Crippen LogP contribution < -0.4 is 0 Å². The van der Waals surface area contributed by atoms with E-state index >= 15 is 0 Å². The number of hydrogen-bond acceptors (Lipinski definition) is 2. The van der Waals surface area contributed by atoms with Gasteiger partial charge in [0, 0.05) is 19.0 Å². The molecule has 1 aromatic carbocycles. The summed E-state index contributed by atoms with van der Waals surface area (Å²) < 4.78 is 13.2. The summed E-state index contributed by atoms with van der Waals surface area (Å²) in [5.74, 6) is 0.0544. The highest BCUT2D eigenvalue weighted by atomic mass is 19.1. The summed E-state index contributed by atoms with van der Waals surface area (Å²) in [5, 5.41) is 0. The maximum atomic E-state index is 13.2. The molecule has 0 aliphatic carbocycles. The van der Waals surface area contributed by atoms with Crippen LogP contribution in [0.3, 0.4) is 0 Å². The SMILES string of the molecule is CC(=O)CC1CCCCN1Cc1cccc(F)c1. The first kappa shape index (κ1) is 13.2. The van der Waals surface area contributed by atoms with Gasteiger partial charge in [0.05, 0.1) is 0 Å². The van der Waals surface area contributed by atoms with Crippen molar-refractivity contribution in [3.8, 4) is 0 Å². The fraction of sp³-hybridized carbons (Fsp3) is 0.533. The van der Waals surface area contributed by atoms with E-state index in [4.69, 9.17) is 0 Å². The first-order chi connectivity index (χ1) is 8.65. The lowest BCUT2D eigenvalue weighted by Crippen LogP contribution is -2.39. The van der Waals surface area contributed by atoms with Gasteiger partial charge in [0.15, 0.2) is 0 Å². The van der Waals surface area contributed by atoms with Crippen molar-refractivity contribution in [3.63, 3.8) is 0 Å². The number of ketones is 1. The van der Waals surface area contributed by atoms with E-state index in [0.29, 0.717) is 12.5 Å². The molecule has 1 aromatic rings. The maximum absolute atomic E-state index is 13.2. The minimum absolute atomic E-state index is 0.187. The van der Waals surface area contributed by atoms with Crippen molar-refractivity contribution in [2.45, 2.75) is 45.2 Å². The first-order valence-corrected chi connectivity index (χ1v) is 6.63. The summed E-state index contributed by atoms with van der Waals surface area (Å²) in [6.07, 6.45) is 4.06. The number of likely N-dealkylation sites (tertiary alicyclic amines) is 1. The smallest absolute Gasteiger partial charge is 0.131 e. The Morgan fingerprint density at radius 2 is 2.28 bits per heavy atom. The average molecular weight is 249 g/mol. The molecule has 0 spiro atoms. The van der Waals surface area contributed by atoms with E-state index in [-0.39, 0.29) is 11.6 Å². The lowest BCUT2D eigenvalue weighted by Gasteiger charge is -2.35. The molecule has 0 saturated carbocycles. The van der Waals surface area contributed by atoms with Gasteiger partial charge in [-0.05, 0) is 44.0 Å². The summed E-state index contributed by atoms with van der Waals surface area (Å²) in [6, 6.07) is 7.07. The van der Waals surface area contributed by atoms with Crippen LogP contribution in [-0.2, 0) is 11.3 Å². The molecular weight excluding hydrogens is 229 g/mol. The molecule has 0 N–H and O–H groups in total. The minimum atomic E-state index is -0.187. The van der Waals surface area contributed by atoms with Gasteiger partial charge in [-0.1, -0.05) is 18.6 Å². The number of benzene rings is 1. The molecule has 1 saturated heterocycles. The van der Waals surface area contributed by atoms with Crippen LogP contribution in [0.25, 0.3) is 0 Å². The summed E-state index contributed by atoms with van der Waals surface area (Å²) in [5.41, 5.74) is 0.991. The van der Waals surface area contributed by atoms with Crippen LogP contribution in [0.15, 0.2) is 24.3 Å². The molecule has 1 aliphatic rings. The van der Waals surface area contributed by atoms with Gasteiger partial charge in [-0.15, -0.1) is 0 Å². The van der Waals surface area contributed by atoms with Crippen molar-refractivity contribution in [1.29, 1.82) is 0 Å². The highest BCUT2D eigenvalue weighted by molar-refractivity contribution is 5.76. The molecule has 1 heterocycles. The minimum Gasteiger partial charge on any atom is -0.300 e. The Labute approximate surface area is 108 Å². The second-order valence-electron chi connectivity index (χ2n) is 5.16. The molecule has 18 heavy (non-hydrogen) atoms. The summed E-state index contributed by atoms with van der Waals surface area (Å²) in [7, 11) is 0. The van der Waals surface area contributed by atoms with E-state index in [1.54, 1.807) is 19.1 Å². The molecule has 2 nitrogen and oxygen atoms in total. The van der Waals surface area contributed by atoms with Crippen molar-refractivity contribution in [2.24, 2.45) is 0 Å². The fourth-order valence-electron chi connectivity index (χ4n) is 2.70. The normalized spacial score (nSPS) is 20.9. The zero-order chi connectivity index (χ0) is 13.0. The Morgan fingerprint density at radius 1 is 1.44 bits per heavy atom. The van der Waals surface area contributed by atoms with Gasteiger partial charge in [-0.2, -0.15) is 0 Å². The van der Waals surface area contributed by atoms with Crippen molar-refractivity contribution >= 4 is 5.78 Å². The first-order valence-electron chi connectivity index (χ1n) is 6.63. The van der Waals surface area contributed by atoms with E-state index in [2.05, 4.69) is 4.90 Å². The summed E-state index contributed by atoms with van der Waals surface area (Å²) >= 11 is 0. The number of Topliss-reactive ketones (excluding diaryl/α,β-unsaturated/α-hetero) is 1. The number of hydrogen-bond donors (Lipinski definition) is 0. The number of carbonyl (C=O) groups is 1. The van der Waals surface area contributed by atoms with Gasteiger partial charge in [0.25, 0.3) is 0 Å². The Morgan fingerprint density at radius 3 is 3.00 bits per heavy atom. The van der Waals surface area contributed by atoms with E-state index in [1.165, 1.54) is 18.9 Å². The third-order valence-electron chi connectivity index (χ3n) is 3.55. The Kier molecular flexibility index (Phi) is 4.48. The number of rotatable bonds is 4. The predicted octanol–water partition coefficient (Wildman–Crippen LogP) is 3.16. The summed E-state index contributed by atoms with van der Waals surface area (Å²) in [6.45, 7) is 3.40. The van der Waals surface area contributed by atoms with Gasteiger partial charge >= 0.3 is 0 Å². The van der Waals surface area contributed by atoms with E-state index in [0.717, 1.165) is 25.1 Å². The van der Waals surface area contributed by atoms with Crippen molar-refractivity contribution in [3.05, 3.63) is 35.6 Å². The van der Waals surface area contributed by atoms with Crippen LogP contribution in [-0.4, -0.2) is 23.3 Å². The van der Waals surface area contributed by atoms with Crippen LogP contribution in [0, 0.1) is 5.82 Å². The van der Waals surface area contributed by atoms with Crippen LogP contribution in [0.4, 0.5) is 4.39 Å². The van der Waals surface area contributed by atoms with Crippen LogP contribution in [0.1, 0.15) is 38.2 Å². The summed E-state index contributed by atoms with van der Waals surface area (Å²) in [4.78, 5) is 13.6. The fourth-order valence-corrected chi connectivity index (χ4v) is 2.70. The Hall–Kier alpha value is -1.22. The molecule has 3 heteroatoms. The molecule has 0 aromatic heterocycles. The van der Waals surface area contributed by atoms with Gasteiger partial charge in [-0.3, -0.25) is 9.69 Å².